The third-order valence-electron chi connectivity index (χ3n) is 6.32. The van der Waals surface area contributed by atoms with E-state index in [1.807, 2.05) is 0 Å². The van der Waals surface area contributed by atoms with Gasteiger partial charge in [0.25, 0.3) is 0 Å². The van der Waals surface area contributed by atoms with E-state index in [1.165, 1.54) is 37.8 Å². The Hall–Kier alpha value is -1.03. The van der Waals surface area contributed by atoms with Crippen molar-refractivity contribution >= 4 is 5.95 Å². The lowest BCUT2D eigenvalue weighted by atomic mass is 9.51. The second kappa shape index (κ2) is 4.00. The first-order valence-corrected chi connectivity index (χ1v) is 8.33. The maximum absolute atomic E-state index is 6.04. The van der Waals surface area contributed by atoms with Gasteiger partial charge in [0.15, 0.2) is 0 Å². The molecule has 0 amide bonds. The fourth-order valence-electron chi connectivity index (χ4n) is 5.82. The summed E-state index contributed by atoms with van der Waals surface area (Å²) in [5.41, 5.74) is 7.40. The fraction of sp³-hybridized carbons (Fsp3) is 0.812. The number of anilines is 1. The maximum atomic E-state index is 6.04. The van der Waals surface area contributed by atoms with Crippen molar-refractivity contribution in [3.05, 3.63) is 11.9 Å². The minimum absolute atomic E-state index is 0.225. The van der Waals surface area contributed by atoms with E-state index < -0.39 is 0 Å². The molecule has 4 fully saturated rings. The van der Waals surface area contributed by atoms with E-state index in [1.54, 1.807) is 0 Å². The summed E-state index contributed by atoms with van der Waals surface area (Å²) in [5, 5.41) is 3.38. The Balaban J connectivity index is 1.48. The Kier molecular flexibility index (Phi) is 2.32. The zero-order valence-electron chi connectivity index (χ0n) is 12.0. The van der Waals surface area contributed by atoms with E-state index in [0.29, 0.717) is 0 Å². The number of nitrogens with zero attached hydrogens (tertiary/aromatic N) is 2. The molecule has 0 aromatic carbocycles. The van der Waals surface area contributed by atoms with Gasteiger partial charge in [0.05, 0.1) is 5.69 Å². The molecule has 4 saturated carbocycles. The minimum Gasteiger partial charge on any atom is -0.354 e. The van der Waals surface area contributed by atoms with E-state index in [9.17, 15) is 0 Å². The molecule has 1 atom stereocenters. The van der Waals surface area contributed by atoms with Crippen molar-refractivity contribution in [2.24, 2.45) is 29.4 Å². The van der Waals surface area contributed by atoms with Crippen molar-refractivity contribution in [3.63, 3.8) is 0 Å². The number of fused-ring (bicyclic) bond motifs is 1. The number of nitrogens with two attached hydrogens (primary N) is 1. The molecule has 0 radical (unpaired) electrons. The average molecular weight is 272 g/mol. The topological polar surface area (TPSA) is 55.9 Å². The quantitative estimate of drug-likeness (QED) is 0.824. The Labute approximate surface area is 120 Å². The number of rotatable bonds is 1. The van der Waals surface area contributed by atoms with Gasteiger partial charge in [-0.05, 0) is 55.8 Å². The van der Waals surface area contributed by atoms with E-state index in [2.05, 4.69) is 16.1 Å². The van der Waals surface area contributed by atoms with Gasteiger partial charge in [-0.15, -0.1) is 0 Å². The maximum Gasteiger partial charge on any atom is 0.203 e. The molecule has 2 heterocycles. The zero-order chi connectivity index (χ0) is 13.3. The Morgan fingerprint density at radius 1 is 1.10 bits per heavy atom. The van der Waals surface area contributed by atoms with Crippen LogP contribution in [0.4, 0.5) is 5.95 Å². The average Bonchev–Trinajstić information content (AvgIpc) is 2.79. The van der Waals surface area contributed by atoms with Crippen LogP contribution in [0.1, 0.15) is 43.7 Å². The minimum atomic E-state index is 0.225. The Morgan fingerprint density at radius 2 is 1.80 bits per heavy atom. The SMILES string of the molecule is NC1CNc2nc(C3C4CC5CC(C4)CC3C5)cn2C1. The molecule has 1 aromatic heterocycles. The lowest BCUT2D eigenvalue weighted by molar-refractivity contribution is -0.00403. The smallest absolute Gasteiger partial charge is 0.203 e. The molecule has 0 spiro atoms. The van der Waals surface area contributed by atoms with Crippen molar-refractivity contribution < 1.29 is 0 Å². The van der Waals surface area contributed by atoms with Crippen LogP contribution in [0.2, 0.25) is 0 Å². The van der Waals surface area contributed by atoms with Crippen molar-refractivity contribution in [3.8, 4) is 0 Å². The monoisotopic (exact) mass is 272 g/mol. The van der Waals surface area contributed by atoms with Gasteiger partial charge in [-0.1, -0.05) is 0 Å². The third kappa shape index (κ3) is 1.60. The summed E-state index contributed by atoms with van der Waals surface area (Å²) in [6, 6.07) is 0.225. The summed E-state index contributed by atoms with van der Waals surface area (Å²) < 4.78 is 2.24. The molecule has 4 aliphatic carbocycles. The lowest BCUT2D eigenvalue weighted by Crippen LogP contribution is -2.43. The molecule has 1 aromatic rings. The predicted octanol–water partition coefficient (Wildman–Crippen LogP) is 2.18. The number of hydrogen-bond donors (Lipinski definition) is 2. The molecule has 4 bridgehead atoms. The van der Waals surface area contributed by atoms with Gasteiger partial charge in [-0.25, -0.2) is 4.98 Å². The molecule has 4 nitrogen and oxygen atoms in total. The molecule has 4 heteroatoms. The van der Waals surface area contributed by atoms with E-state index >= 15 is 0 Å². The first-order valence-electron chi connectivity index (χ1n) is 8.33. The first kappa shape index (κ1) is 11.6. The second-order valence-electron chi connectivity index (χ2n) is 7.74. The van der Waals surface area contributed by atoms with Crippen LogP contribution in [0.3, 0.4) is 0 Å². The standard InChI is InChI=1S/C16H24N4/c17-13-6-18-16-19-14(8-20(16)7-13)15-11-2-9-1-10(4-11)5-12(15)3-9/h8-13,15H,1-7,17H2,(H,18,19). The van der Waals surface area contributed by atoms with Crippen molar-refractivity contribution in [2.45, 2.75) is 50.6 Å². The molecule has 20 heavy (non-hydrogen) atoms. The van der Waals surface area contributed by atoms with Crippen LogP contribution in [-0.2, 0) is 6.54 Å². The lowest BCUT2D eigenvalue weighted by Gasteiger charge is -2.54. The highest BCUT2D eigenvalue weighted by Gasteiger charge is 2.49. The summed E-state index contributed by atoms with van der Waals surface area (Å²) in [6.07, 6.45) is 9.68. The van der Waals surface area contributed by atoms with E-state index in [0.717, 1.165) is 48.6 Å². The van der Waals surface area contributed by atoms with Gasteiger partial charge in [-0.2, -0.15) is 0 Å². The van der Waals surface area contributed by atoms with Crippen molar-refractivity contribution in [1.29, 1.82) is 0 Å². The fourth-order valence-corrected chi connectivity index (χ4v) is 5.82. The van der Waals surface area contributed by atoms with Crippen molar-refractivity contribution in [1.82, 2.24) is 9.55 Å². The molecule has 3 N–H and O–H groups in total. The molecule has 1 unspecified atom stereocenters. The Bertz CT molecular complexity index is 507. The molecule has 5 aliphatic rings. The van der Waals surface area contributed by atoms with Gasteiger partial charge in [0, 0.05) is 31.2 Å². The summed E-state index contributed by atoms with van der Waals surface area (Å²) in [7, 11) is 0. The van der Waals surface area contributed by atoms with E-state index in [-0.39, 0.29) is 6.04 Å². The predicted molar refractivity (Wildman–Crippen MR) is 78.5 cm³/mol. The van der Waals surface area contributed by atoms with Crippen LogP contribution in [-0.4, -0.2) is 22.1 Å². The number of nitrogens with one attached hydrogen (secondary N) is 1. The molecule has 1 aliphatic heterocycles. The van der Waals surface area contributed by atoms with Gasteiger partial charge in [-0.3, -0.25) is 0 Å². The van der Waals surface area contributed by atoms with Crippen LogP contribution in [0.25, 0.3) is 0 Å². The van der Waals surface area contributed by atoms with Crippen molar-refractivity contribution in [2.75, 3.05) is 11.9 Å². The molecular formula is C16H24N4. The molecular weight excluding hydrogens is 248 g/mol. The molecule has 108 valence electrons. The van der Waals surface area contributed by atoms with Gasteiger partial charge >= 0.3 is 0 Å². The number of hydrogen-bond acceptors (Lipinski definition) is 3. The van der Waals surface area contributed by atoms with Crippen LogP contribution in [0, 0.1) is 23.7 Å². The van der Waals surface area contributed by atoms with Crippen LogP contribution >= 0.6 is 0 Å². The van der Waals surface area contributed by atoms with Gasteiger partial charge in [0.2, 0.25) is 5.95 Å². The second-order valence-corrected chi connectivity index (χ2v) is 7.74. The summed E-state index contributed by atoms with van der Waals surface area (Å²) >= 11 is 0. The van der Waals surface area contributed by atoms with Crippen LogP contribution in [0.5, 0.6) is 0 Å². The summed E-state index contributed by atoms with van der Waals surface area (Å²) in [5.74, 6) is 5.69. The highest BCUT2D eigenvalue weighted by Crippen LogP contribution is 2.59. The first-order chi connectivity index (χ1) is 9.76. The summed E-state index contributed by atoms with van der Waals surface area (Å²) in [6.45, 7) is 1.78. The van der Waals surface area contributed by atoms with Crippen LogP contribution < -0.4 is 11.1 Å². The number of aromatic nitrogens is 2. The largest absolute Gasteiger partial charge is 0.354 e. The highest BCUT2D eigenvalue weighted by atomic mass is 15.2. The van der Waals surface area contributed by atoms with Crippen LogP contribution in [0.15, 0.2) is 6.20 Å². The van der Waals surface area contributed by atoms with Gasteiger partial charge < -0.3 is 15.6 Å². The molecule has 0 saturated heterocycles. The number of imidazole rings is 1. The third-order valence-corrected chi connectivity index (χ3v) is 6.32. The highest BCUT2D eigenvalue weighted by molar-refractivity contribution is 5.34. The molecule has 6 rings (SSSR count). The van der Waals surface area contributed by atoms with Gasteiger partial charge in [0.1, 0.15) is 0 Å². The Morgan fingerprint density at radius 3 is 2.50 bits per heavy atom. The van der Waals surface area contributed by atoms with E-state index in [4.69, 9.17) is 10.7 Å². The zero-order valence-corrected chi connectivity index (χ0v) is 12.0. The summed E-state index contributed by atoms with van der Waals surface area (Å²) in [4.78, 5) is 4.93. The normalized spacial score (nSPS) is 45.2.